The maximum absolute atomic E-state index is 12.4. The van der Waals surface area contributed by atoms with Gasteiger partial charge in [-0.05, 0) is 31.2 Å². The third-order valence-corrected chi connectivity index (χ3v) is 3.76. The highest BCUT2D eigenvalue weighted by molar-refractivity contribution is 5.99. The molecule has 1 aliphatic rings. The van der Waals surface area contributed by atoms with Gasteiger partial charge in [-0.15, -0.1) is 0 Å². The second kappa shape index (κ2) is 4.96. The fraction of sp³-hybridized carbons (Fsp3) is 0.571. The fourth-order valence-electron chi connectivity index (χ4n) is 2.45. The molecular formula is C14H21N3O. The van der Waals surface area contributed by atoms with Crippen molar-refractivity contribution in [3.63, 3.8) is 0 Å². The molecule has 4 heteroatoms. The standard InChI is InChI=1S/C14H21N3O/c1-9(2)11-4-5-17(8-11)14(18)12-7-16-10(3)6-13(12)15/h6-7,9,11H,4-5,8H2,1-3H3,(H2,15,16). The predicted octanol–water partition coefficient (Wildman–Crippen LogP) is 2.09. The minimum atomic E-state index is 0.0168. The molecular weight excluding hydrogens is 226 g/mol. The average Bonchev–Trinajstić information content (AvgIpc) is 2.77. The Morgan fingerprint density at radius 1 is 1.56 bits per heavy atom. The van der Waals surface area contributed by atoms with E-state index in [1.165, 1.54) is 0 Å². The zero-order valence-corrected chi connectivity index (χ0v) is 11.3. The summed E-state index contributed by atoms with van der Waals surface area (Å²) < 4.78 is 0. The number of nitrogen functional groups attached to an aromatic ring is 1. The van der Waals surface area contributed by atoms with Crippen molar-refractivity contribution < 1.29 is 4.79 Å². The normalized spacial score (nSPS) is 19.6. The summed E-state index contributed by atoms with van der Waals surface area (Å²) in [5.74, 6) is 1.24. The number of rotatable bonds is 2. The number of aryl methyl sites for hydroxylation is 1. The third-order valence-electron chi connectivity index (χ3n) is 3.76. The molecule has 0 aliphatic carbocycles. The summed E-state index contributed by atoms with van der Waals surface area (Å²) in [6.45, 7) is 7.95. The summed E-state index contributed by atoms with van der Waals surface area (Å²) in [5.41, 5.74) is 7.80. The highest BCUT2D eigenvalue weighted by Crippen LogP contribution is 2.25. The number of hydrogen-bond acceptors (Lipinski definition) is 3. The van der Waals surface area contributed by atoms with Crippen LogP contribution < -0.4 is 5.73 Å². The quantitative estimate of drug-likeness (QED) is 0.870. The van der Waals surface area contributed by atoms with Crippen molar-refractivity contribution in [1.29, 1.82) is 0 Å². The van der Waals surface area contributed by atoms with Crippen molar-refractivity contribution in [2.24, 2.45) is 11.8 Å². The number of carbonyl (C=O) groups is 1. The van der Waals surface area contributed by atoms with E-state index in [9.17, 15) is 4.79 Å². The number of carbonyl (C=O) groups excluding carboxylic acids is 1. The molecule has 1 aromatic rings. The highest BCUT2D eigenvalue weighted by atomic mass is 16.2. The molecule has 1 aromatic heterocycles. The van der Waals surface area contributed by atoms with Crippen LogP contribution in [0.15, 0.2) is 12.3 Å². The summed E-state index contributed by atoms with van der Waals surface area (Å²) in [6, 6.07) is 1.75. The van der Waals surface area contributed by atoms with Crippen LogP contribution in [0.25, 0.3) is 0 Å². The Hall–Kier alpha value is -1.58. The Morgan fingerprint density at radius 3 is 2.83 bits per heavy atom. The van der Waals surface area contributed by atoms with Gasteiger partial charge in [-0.3, -0.25) is 9.78 Å². The van der Waals surface area contributed by atoms with Crippen LogP contribution in [-0.2, 0) is 0 Å². The third kappa shape index (κ3) is 2.47. The molecule has 0 saturated carbocycles. The van der Waals surface area contributed by atoms with E-state index in [1.54, 1.807) is 12.3 Å². The number of aromatic nitrogens is 1. The molecule has 0 aromatic carbocycles. The van der Waals surface area contributed by atoms with E-state index in [4.69, 9.17) is 5.73 Å². The maximum atomic E-state index is 12.4. The van der Waals surface area contributed by atoms with Crippen LogP contribution in [0.4, 0.5) is 5.69 Å². The van der Waals surface area contributed by atoms with Crippen LogP contribution >= 0.6 is 0 Å². The van der Waals surface area contributed by atoms with Gasteiger partial charge in [0.1, 0.15) is 0 Å². The van der Waals surface area contributed by atoms with Crippen molar-refractivity contribution in [3.8, 4) is 0 Å². The van der Waals surface area contributed by atoms with Crippen LogP contribution in [0.5, 0.6) is 0 Å². The van der Waals surface area contributed by atoms with Crippen molar-refractivity contribution in [1.82, 2.24) is 9.88 Å². The molecule has 4 nitrogen and oxygen atoms in total. The van der Waals surface area contributed by atoms with Crippen molar-refractivity contribution >= 4 is 11.6 Å². The first-order chi connectivity index (χ1) is 8.49. The molecule has 2 heterocycles. The topological polar surface area (TPSA) is 59.2 Å². The van der Waals surface area contributed by atoms with Crippen LogP contribution in [-0.4, -0.2) is 28.9 Å². The van der Waals surface area contributed by atoms with Gasteiger partial charge in [0.15, 0.2) is 0 Å². The summed E-state index contributed by atoms with van der Waals surface area (Å²) in [7, 11) is 0. The average molecular weight is 247 g/mol. The van der Waals surface area contributed by atoms with Gasteiger partial charge >= 0.3 is 0 Å². The summed E-state index contributed by atoms with van der Waals surface area (Å²) in [4.78, 5) is 18.4. The zero-order chi connectivity index (χ0) is 13.3. The molecule has 1 saturated heterocycles. The molecule has 18 heavy (non-hydrogen) atoms. The second-order valence-electron chi connectivity index (χ2n) is 5.46. The molecule has 1 unspecified atom stereocenters. The van der Waals surface area contributed by atoms with Crippen molar-refractivity contribution in [2.45, 2.75) is 27.2 Å². The number of hydrogen-bond donors (Lipinski definition) is 1. The molecule has 2 rings (SSSR count). The van der Waals surface area contributed by atoms with Crippen LogP contribution in [0.2, 0.25) is 0 Å². The monoisotopic (exact) mass is 247 g/mol. The van der Waals surface area contributed by atoms with Gasteiger partial charge in [0.25, 0.3) is 5.91 Å². The number of amides is 1. The van der Waals surface area contributed by atoms with Gasteiger partial charge in [-0.2, -0.15) is 0 Å². The Morgan fingerprint density at radius 2 is 2.28 bits per heavy atom. The molecule has 1 aliphatic heterocycles. The van der Waals surface area contributed by atoms with E-state index >= 15 is 0 Å². The lowest BCUT2D eigenvalue weighted by atomic mass is 9.95. The smallest absolute Gasteiger partial charge is 0.257 e. The first-order valence-corrected chi connectivity index (χ1v) is 6.50. The molecule has 1 amide bonds. The lowest BCUT2D eigenvalue weighted by molar-refractivity contribution is 0.0784. The minimum Gasteiger partial charge on any atom is -0.398 e. The largest absolute Gasteiger partial charge is 0.398 e. The molecule has 2 N–H and O–H groups in total. The van der Waals surface area contributed by atoms with Gasteiger partial charge in [0.2, 0.25) is 0 Å². The number of nitrogens with zero attached hydrogens (tertiary/aromatic N) is 2. The Kier molecular flexibility index (Phi) is 3.55. The van der Waals surface area contributed by atoms with Crippen molar-refractivity contribution in [2.75, 3.05) is 18.8 Å². The van der Waals surface area contributed by atoms with Crippen LogP contribution in [0.3, 0.4) is 0 Å². The lowest BCUT2D eigenvalue weighted by Gasteiger charge is -2.19. The second-order valence-corrected chi connectivity index (χ2v) is 5.46. The molecule has 0 spiro atoms. The lowest BCUT2D eigenvalue weighted by Crippen LogP contribution is -2.30. The predicted molar refractivity (Wildman–Crippen MR) is 72.2 cm³/mol. The van der Waals surface area contributed by atoms with Crippen LogP contribution in [0.1, 0.15) is 36.3 Å². The van der Waals surface area contributed by atoms with Gasteiger partial charge in [0.05, 0.1) is 5.56 Å². The highest BCUT2D eigenvalue weighted by Gasteiger charge is 2.29. The van der Waals surface area contributed by atoms with E-state index < -0.39 is 0 Å². The van der Waals surface area contributed by atoms with Crippen molar-refractivity contribution in [3.05, 3.63) is 23.5 Å². The van der Waals surface area contributed by atoms with E-state index in [1.807, 2.05) is 11.8 Å². The molecule has 98 valence electrons. The Bertz CT molecular complexity index is 456. The summed E-state index contributed by atoms with van der Waals surface area (Å²) in [5, 5.41) is 0. The summed E-state index contributed by atoms with van der Waals surface area (Å²) in [6.07, 6.45) is 2.68. The van der Waals surface area contributed by atoms with Crippen LogP contribution in [0, 0.1) is 18.8 Å². The van der Waals surface area contributed by atoms with Gasteiger partial charge in [0, 0.05) is 30.7 Å². The van der Waals surface area contributed by atoms with Gasteiger partial charge in [-0.25, -0.2) is 0 Å². The zero-order valence-electron chi connectivity index (χ0n) is 11.3. The summed E-state index contributed by atoms with van der Waals surface area (Å²) >= 11 is 0. The molecule has 0 radical (unpaired) electrons. The number of pyridine rings is 1. The Labute approximate surface area is 108 Å². The van der Waals surface area contributed by atoms with Gasteiger partial charge in [-0.1, -0.05) is 13.8 Å². The fourth-order valence-corrected chi connectivity index (χ4v) is 2.45. The van der Waals surface area contributed by atoms with E-state index in [2.05, 4.69) is 18.8 Å². The Balaban J connectivity index is 2.13. The molecule has 0 bridgehead atoms. The molecule has 1 atom stereocenters. The first kappa shape index (κ1) is 12.9. The van der Waals surface area contributed by atoms with Gasteiger partial charge < -0.3 is 10.6 Å². The first-order valence-electron chi connectivity index (χ1n) is 6.50. The number of anilines is 1. The number of nitrogens with two attached hydrogens (primary N) is 1. The van der Waals surface area contributed by atoms with E-state index in [-0.39, 0.29) is 5.91 Å². The molecule has 1 fully saturated rings. The minimum absolute atomic E-state index is 0.0168. The van der Waals surface area contributed by atoms with E-state index in [0.717, 1.165) is 25.2 Å². The number of likely N-dealkylation sites (tertiary alicyclic amines) is 1. The maximum Gasteiger partial charge on any atom is 0.257 e. The van der Waals surface area contributed by atoms with E-state index in [0.29, 0.717) is 23.1 Å². The SMILES string of the molecule is Cc1cc(N)c(C(=O)N2CCC(C(C)C)C2)cn1.